The van der Waals surface area contributed by atoms with E-state index in [-0.39, 0.29) is 18.4 Å². The molecule has 3 rings (SSSR count). The van der Waals surface area contributed by atoms with Crippen molar-refractivity contribution < 1.29 is 9.59 Å². The predicted octanol–water partition coefficient (Wildman–Crippen LogP) is 2.48. The maximum absolute atomic E-state index is 12.4. The standard InChI is InChI=1S/C17H16BrN5O2/c1-10-8-12(4-5-13(10)18)21-14(24)9-20-17(25)15-11(2)22-23-7-3-6-19-16(15)23/h3-8H,9H2,1-2H3,(H,20,25)(H,21,24). The molecule has 0 fully saturated rings. The number of carbonyl (C=O) groups is 2. The van der Waals surface area contributed by atoms with Gasteiger partial charge in [0.2, 0.25) is 5.91 Å². The Morgan fingerprint density at radius 2 is 2.08 bits per heavy atom. The maximum atomic E-state index is 12.4. The van der Waals surface area contributed by atoms with E-state index in [1.54, 1.807) is 31.5 Å². The monoisotopic (exact) mass is 401 g/mol. The normalized spacial score (nSPS) is 10.7. The highest BCUT2D eigenvalue weighted by molar-refractivity contribution is 9.10. The number of rotatable bonds is 4. The Hall–Kier alpha value is -2.74. The number of hydrogen-bond donors (Lipinski definition) is 2. The van der Waals surface area contributed by atoms with Gasteiger partial charge in [-0.25, -0.2) is 9.50 Å². The van der Waals surface area contributed by atoms with Crippen molar-refractivity contribution >= 4 is 39.1 Å². The first-order valence-electron chi connectivity index (χ1n) is 7.60. The lowest BCUT2D eigenvalue weighted by atomic mass is 10.2. The summed E-state index contributed by atoms with van der Waals surface area (Å²) in [6.45, 7) is 3.52. The Bertz CT molecular complexity index is 967. The molecule has 0 radical (unpaired) electrons. The molecule has 2 aromatic heterocycles. The third-order valence-electron chi connectivity index (χ3n) is 3.65. The minimum Gasteiger partial charge on any atom is -0.343 e. The number of nitrogens with one attached hydrogen (secondary N) is 2. The molecular weight excluding hydrogens is 386 g/mol. The lowest BCUT2D eigenvalue weighted by Gasteiger charge is -2.08. The van der Waals surface area contributed by atoms with E-state index >= 15 is 0 Å². The van der Waals surface area contributed by atoms with Crippen LogP contribution in [0.15, 0.2) is 41.1 Å². The van der Waals surface area contributed by atoms with E-state index in [1.807, 2.05) is 19.1 Å². The zero-order chi connectivity index (χ0) is 18.0. The minimum atomic E-state index is -0.381. The van der Waals surface area contributed by atoms with Crippen molar-refractivity contribution in [3.05, 3.63) is 58.0 Å². The number of hydrogen-bond acceptors (Lipinski definition) is 4. The van der Waals surface area contributed by atoms with Gasteiger partial charge in [-0.05, 0) is 43.7 Å². The van der Waals surface area contributed by atoms with Crippen LogP contribution in [-0.4, -0.2) is 33.0 Å². The van der Waals surface area contributed by atoms with E-state index < -0.39 is 0 Å². The third-order valence-corrected chi connectivity index (χ3v) is 4.54. The highest BCUT2D eigenvalue weighted by atomic mass is 79.9. The summed E-state index contributed by atoms with van der Waals surface area (Å²) < 4.78 is 2.50. The first kappa shape index (κ1) is 17.1. The molecule has 0 bridgehead atoms. The van der Waals surface area contributed by atoms with Gasteiger partial charge in [0.05, 0.1) is 12.2 Å². The predicted molar refractivity (Wildman–Crippen MR) is 97.6 cm³/mol. The number of fused-ring (bicyclic) bond motifs is 1. The quantitative estimate of drug-likeness (QED) is 0.702. The fraction of sp³-hybridized carbons (Fsp3) is 0.176. The highest BCUT2D eigenvalue weighted by Crippen LogP contribution is 2.19. The van der Waals surface area contributed by atoms with E-state index in [4.69, 9.17) is 0 Å². The van der Waals surface area contributed by atoms with Crippen LogP contribution in [0.3, 0.4) is 0 Å². The third kappa shape index (κ3) is 3.69. The molecule has 0 saturated heterocycles. The van der Waals surface area contributed by atoms with Gasteiger partial charge in [-0.2, -0.15) is 5.10 Å². The van der Waals surface area contributed by atoms with Crippen molar-refractivity contribution in [3.8, 4) is 0 Å². The summed E-state index contributed by atoms with van der Waals surface area (Å²) in [5.41, 5.74) is 3.07. The molecule has 2 heterocycles. The molecule has 2 amide bonds. The van der Waals surface area contributed by atoms with Gasteiger partial charge in [0, 0.05) is 22.6 Å². The van der Waals surface area contributed by atoms with E-state index in [1.165, 1.54) is 4.52 Å². The first-order valence-corrected chi connectivity index (χ1v) is 8.39. The number of amides is 2. The molecule has 0 saturated carbocycles. The molecule has 7 nitrogen and oxygen atoms in total. The largest absolute Gasteiger partial charge is 0.343 e. The summed E-state index contributed by atoms with van der Waals surface area (Å²) in [7, 11) is 0. The van der Waals surface area contributed by atoms with Gasteiger partial charge >= 0.3 is 0 Å². The second-order valence-electron chi connectivity index (χ2n) is 5.54. The second-order valence-corrected chi connectivity index (χ2v) is 6.40. The number of nitrogens with zero attached hydrogens (tertiary/aromatic N) is 3. The van der Waals surface area contributed by atoms with Crippen molar-refractivity contribution in [1.29, 1.82) is 0 Å². The average molecular weight is 402 g/mol. The van der Waals surface area contributed by atoms with Crippen molar-refractivity contribution in [1.82, 2.24) is 19.9 Å². The Morgan fingerprint density at radius 3 is 2.84 bits per heavy atom. The van der Waals surface area contributed by atoms with E-state index in [2.05, 4.69) is 36.6 Å². The molecule has 8 heteroatoms. The van der Waals surface area contributed by atoms with Gasteiger partial charge in [0.25, 0.3) is 5.91 Å². The van der Waals surface area contributed by atoms with Gasteiger partial charge in [-0.3, -0.25) is 9.59 Å². The van der Waals surface area contributed by atoms with Crippen molar-refractivity contribution in [3.63, 3.8) is 0 Å². The van der Waals surface area contributed by atoms with E-state index in [0.717, 1.165) is 10.0 Å². The number of aromatic nitrogens is 3. The van der Waals surface area contributed by atoms with Gasteiger partial charge in [-0.15, -0.1) is 0 Å². The van der Waals surface area contributed by atoms with Crippen LogP contribution < -0.4 is 10.6 Å². The number of benzene rings is 1. The summed E-state index contributed by atoms with van der Waals surface area (Å²) in [5.74, 6) is -0.689. The minimum absolute atomic E-state index is 0.141. The smallest absolute Gasteiger partial charge is 0.257 e. The van der Waals surface area contributed by atoms with Crippen LogP contribution in [0.25, 0.3) is 5.65 Å². The zero-order valence-electron chi connectivity index (χ0n) is 13.7. The van der Waals surface area contributed by atoms with Gasteiger partial charge in [0.1, 0.15) is 5.56 Å². The molecule has 0 aliphatic rings. The van der Waals surface area contributed by atoms with E-state index in [0.29, 0.717) is 22.6 Å². The fourth-order valence-electron chi connectivity index (χ4n) is 2.44. The molecule has 25 heavy (non-hydrogen) atoms. The van der Waals surface area contributed by atoms with Crippen LogP contribution in [-0.2, 0) is 4.79 Å². The van der Waals surface area contributed by atoms with Crippen molar-refractivity contribution in [2.75, 3.05) is 11.9 Å². The number of aryl methyl sites for hydroxylation is 2. The fourth-order valence-corrected chi connectivity index (χ4v) is 2.69. The molecule has 128 valence electrons. The first-order chi connectivity index (χ1) is 12.0. The van der Waals surface area contributed by atoms with Crippen molar-refractivity contribution in [2.45, 2.75) is 13.8 Å². The Morgan fingerprint density at radius 1 is 1.28 bits per heavy atom. The summed E-state index contributed by atoms with van der Waals surface area (Å²) in [6, 6.07) is 7.23. The van der Waals surface area contributed by atoms with Crippen LogP contribution in [0.2, 0.25) is 0 Å². The molecule has 0 atom stereocenters. The van der Waals surface area contributed by atoms with Crippen LogP contribution in [0.5, 0.6) is 0 Å². The van der Waals surface area contributed by atoms with Gasteiger partial charge in [-0.1, -0.05) is 15.9 Å². The molecule has 0 spiro atoms. The lowest BCUT2D eigenvalue weighted by Crippen LogP contribution is -2.33. The van der Waals surface area contributed by atoms with E-state index in [9.17, 15) is 9.59 Å². The molecule has 1 aromatic carbocycles. The Labute approximate surface area is 152 Å². The highest BCUT2D eigenvalue weighted by Gasteiger charge is 2.18. The number of carbonyl (C=O) groups excluding carboxylic acids is 2. The molecular formula is C17H16BrN5O2. The maximum Gasteiger partial charge on any atom is 0.257 e. The number of anilines is 1. The van der Waals surface area contributed by atoms with Gasteiger partial charge < -0.3 is 10.6 Å². The molecule has 0 unspecified atom stereocenters. The summed E-state index contributed by atoms with van der Waals surface area (Å²) in [4.78, 5) is 28.6. The van der Waals surface area contributed by atoms with Crippen molar-refractivity contribution in [2.24, 2.45) is 0 Å². The molecule has 3 aromatic rings. The Kier molecular flexibility index (Phi) is 4.80. The SMILES string of the molecule is Cc1cc(NC(=O)CNC(=O)c2c(C)nn3cccnc23)ccc1Br. The topological polar surface area (TPSA) is 88.4 Å². The molecule has 2 N–H and O–H groups in total. The lowest BCUT2D eigenvalue weighted by molar-refractivity contribution is -0.115. The summed E-state index contributed by atoms with van der Waals surface area (Å²) in [6.07, 6.45) is 3.31. The van der Waals surface area contributed by atoms with Gasteiger partial charge in [0.15, 0.2) is 5.65 Å². The Balaban J connectivity index is 1.66. The van der Waals surface area contributed by atoms with Crippen LogP contribution >= 0.6 is 15.9 Å². The van der Waals surface area contributed by atoms with Crippen LogP contribution in [0.1, 0.15) is 21.6 Å². The van der Waals surface area contributed by atoms with Crippen LogP contribution in [0.4, 0.5) is 5.69 Å². The number of halogens is 1. The summed E-state index contributed by atoms with van der Waals surface area (Å²) >= 11 is 3.41. The van der Waals surface area contributed by atoms with Crippen LogP contribution in [0, 0.1) is 13.8 Å². The second kappa shape index (κ2) is 7.02. The average Bonchev–Trinajstić information content (AvgIpc) is 2.92. The molecule has 0 aliphatic heterocycles. The zero-order valence-corrected chi connectivity index (χ0v) is 15.3. The summed E-state index contributed by atoms with van der Waals surface area (Å²) in [5, 5.41) is 9.60. The molecule has 0 aliphatic carbocycles.